The maximum atomic E-state index is 8.82. The Morgan fingerprint density at radius 1 is 1.33 bits per heavy atom. The predicted octanol–water partition coefficient (Wildman–Crippen LogP) is 2.95. The molecule has 0 N–H and O–H groups in total. The molecule has 0 saturated heterocycles. The fraction of sp³-hybridized carbons (Fsp3) is 0.267. The Hall–Kier alpha value is -2.21. The number of nitriles is 1. The molecule has 0 radical (unpaired) electrons. The van der Waals surface area contributed by atoms with Gasteiger partial charge in [-0.05, 0) is 11.5 Å². The molecule has 2 aromatic carbocycles. The number of benzene rings is 2. The summed E-state index contributed by atoms with van der Waals surface area (Å²) in [6.45, 7) is 0.574. The monoisotopic (exact) mass is 238 g/mol. The van der Waals surface area contributed by atoms with Gasteiger partial charge in [0.25, 0.3) is 0 Å². The van der Waals surface area contributed by atoms with E-state index in [0.29, 0.717) is 13.0 Å². The molecule has 0 saturated carbocycles. The molecule has 1 aliphatic heterocycles. The molecule has 0 bridgehead atoms. The van der Waals surface area contributed by atoms with Crippen LogP contribution in [0, 0.1) is 11.3 Å². The second-order valence-electron chi connectivity index (χ2n) is 4.57. The highest BCUT2D eigenvalue weighted by Crippen LogP contribution is 2.39. The number of ether oxygens (including phenoxy) is 1. The van der Waals surface area contributed by atoms with Crippen LogP contribution in [0.25, 0.3) is 10.8 Å². The molecule has 0 fully saturated rings. The van der Waals surface area contributed by atoms with Gasteiger partial charge in [-0.15, -0.1) is 0 Å². The first kappa shape index (κ1) is 10.9. The minimum absolute atomic E-state index is 0.142. The Bertz CT molecular complexity index is 630. The van der Waals surface area contributed by atoms with Crippen molar-refractivity contribution in [3.63, 3.8) is 0 Å². The van der Waals surface area contributed by atoms with E-state index in [1.54, 1.807) is 0 Å². The third kappa shape index (κ3) is 1.58. The van der Waals surface area contributed by atoms with Gasteiger partial charge in [-0.1, -0.05) is 30.3 Å². The second kappa shape index (κ2) is 4.23. The molecule has 0 aromatic heterocycles. The smallest absolute Gasteiger partial charge is 0.150 e. The number of likely N-dealkylation sites (N-methyl/N-ethyl adjacent to an activating group) is 1. The Kier molecular flexibility index (Phi) is 2.56. The van der Waals surface area contributed by atoms with Crippen molar-refractivity contribution in [3.8, 4) is 11.8 Å². The van der Waals surface area contributed by atoms with Crippen molar-refractivity contribution >= 4 is 16.5 Å². The van der Waals surface area contributed by atoms with Crippen LogP contribution in [-0.4, -0.2) is 19.7 Å². The lowest BCUT2D eigenvalue weighted by atomic mass is 10.0. The molecule has 0 aliphatic carbocycles. The van der Waals surface area contributed by atoms with Crippen molar-refractivity contribution in [2.75, 3.05) is 18.6 Å². The van der Waals surface area contributed by atoms with Gasteiger partial charge < -0.3 is 9.64 Å². The standard InChI is InChI=1S/C15H14N2O/c1-17-12(8-9-16)10-18-15-13-5-3-2-4-11(13)6-7-14(15)17/h2-7,12H,8,10H2,1H3. The molecule has 1 atom stereocenters. The Morgan fingerprint density at radius 2 is 2.17 bits per heavy atom. The van der Waals surface area contributed by atoms with Crippen molar-refractivity contribution in [2.24, 2.45) is 0 Å². The molecule has 0 amide bonds. The van der Waals surface area contributed by atoms with Gasteiger partial charge in [-0.3, -0.25) is 0 Å². The van der Waals surface area contributed by atoms with Gasteiger partial charge >= 0.3 is 0 Å². The first-order valence-corrected chi connectivity index (χ1v) is 6.05. The lowest BCUT2D eigenvalue weighted by Gasteiger charge is -2.35. The summed E-state index contributed by atoms with van der Waals surface area (Å²) in [4.78, 5) is 2.15. The first-order valence-electron chi connectivity index (χ1n) is 6.05. The van der Waals surface area contributed by atoms with Crippen LogP contribution in [0.15, 0.2) is 36.4 Å². The van der Waals surface area contributed by atoms with Gasteiger partial charge in [0.2, 0.25) is 0 Å². The third-order valence-electron chi connectivity index (χ3n) is 3.53. The van der Waals surface area contributed by atoms with Gasteiger partial charge in [-0.25, -0.2) is 0 Å². The van der Waals surface area contributed by atoms with Crippen molar-refractivity contribution in [1.82, 2.24) is 0 Å². The average molecular weight is 238 g/mol. The summed E-state index contributed by atoms with van der Waals surface area (Å²) in [5.74, 6) is 0.935. The molecule has 2 aromatic rings. The minimum Gasteiger partial charge on any atom is -0.489 e. The summed E-state index contributed by atoms with van der Waals surface area (Å²) in [7, 11) is 2.03. The highest BCUT2D eigenvalue weighted by atomic mass is 16.5. The summed E-state index contributed by atoms with van der Waals surface area (Å²) < 4.78 is 5.88. The van der Waals surface area contributed by atoms with E-state index in [1.165, 1.54) is 5.39 Å². The molecule has 3 nitrogen and oxygen atoms in total. The van der Waals surface area contributed by atoms with Gasteiger partial charge in [0.05, 0.1) is 24.2 Å². The zero-order valence-electron chi connectivity index (χ0n) is 10.3. The van der Waals surface area contributed by atoms with E-state index in [9.17, 15) is 0 Å². The Labute approximate surface area is 106 Å². The number of nitrogens with zero attached hydrogens (tertiary/aromatic N) is 2. The fourth-order valence-corrected chi connectivity index (χ4v) is 2.45. The summed E-state index contributed by atoms with van der Waals surface area (Å²) in [6.07, 6.45) is 0.489. The lowest BCUT2D eigenvalue weighted by Crippen LogP contribution is -2.40. The van der Waals surface area contributed by atoms with E-state index in [-0.39, 0.29) is 6.04 Å². The van der Waals surface area contributed by atoms with Crippen LogP contribution in [0.3, 0.4) is 0 Å². The molecule has 1 heterocycles. The van der Waals surface area contributed by atoms with Crippen molar-refractivity contribution in [2.45, 2.75) is 12.5 Å². The van der Waals surface area contributed by atoms with Gasteiger partial charge in [0, 0.05) is 12.4 Å². The quantitative estimate of drug-likeness (QED) is 0.766. The van der Waals surface area contributed by atoms with E-state index in [4.69, 9.17) is 10.00 Å². The van der Waals surface area contributed by atoms with E-state index < -0.39 is 0 Å². The predicted molar refractivity (Wildman–Crippen MR) is 71.9 cm³/mol. The Morgan fingerprint density at radius 3 is 3.00 bits per heavy atom. The van der Waals surface area contributed by atoms with Crippen LogP contribution in [0.2, 0.25) is 0 Å². The zero-order chi connectivity index (χ0) is 12.5. The normalized spacial score (nSPS) is 18.0. The van der Waals surface area contributed by atoms with Crippen LogP contribution in [0.1, 0.15) is 6.42 Å². The first-order chi connectivity index (χ1) is 8.81. The van der Waals surface area contributed by atoms with Crippen LogP contribution in [-0.2, 0) is 0 Å². The second-order valence-corrected chi connectivity index (χ2v) is 4.57. The number of rotatable bonds is 1. The molecule has 3 rings (SSSR count). The maximum absolute atomic E-state index is 8.82. The number of hydrogen-bond acceptors (Lipinski definition) is 3. The fourth-order valence-electron chi connectivity index (χ4n) is 2.45. The molecule has 90 valence electrons. The molecule has 1 aliphatic rings. The maximum Gasteiger partial charge on any atom is 0.150 e. The summed E-state index contributed by atoms with van der Waals surface area (Å²) >= 11 is 0. The molecular formula is C15H14N2O. The number of hydrogen-bond donors (Lipinski definition) is 0. The summed E-state index contributed by atoms with van der Waals surface area (Å²) in [6, 6.07) is 14.7. The molecule has 0 spiro atoms. The van der Waals surface area contributed by atoms with Crippen LogP contribution < -0.4 is 9.64 Å². The topological polar surface area (TPSA) is 36.3 Å². The van der Waals surface area contributed by atoms with Gasteiger partial charge in [-0.2, -0.15) is 5.26 Å². The summed E-state index contributed by atoms with van der Waals surface area (Å²) in [5, 5.41) is 11.1. The highest BCUT2D eigenvalue weighted by Gasteiger charge is 2.25. The van der Waals surface area contributed by atoms with Crippen molar-refractivity contribution in [3.05, 3.63) is 36.4 Å². The average Bonchev–Trinajstić information content (AvgIpc) is 2.42. The SMILES string of the molecule is CN1c2ccc3ccccc3c2OCC1CC#N. The van der Waals surface area contributed by atoms with Gasteiger partial charge in [0.1, 0.15) is 6.61 Å². The Balaban J connectivity index is 2.12. The van der Waals surface area contributed by atoms with E-state index in [0.717, 1.165) is 16.8 Å². The van der Waals surface area contributed by atoms with Crippen molar-refractivity contribution in [1.29, 1.82) is 5.26 Å². The molecular weight excluding hydrogens is 224 g/mol. The van der Waals surface area contributed by atoms with Crippen molar-refractivity contribution < 1.29 is 4.74 Å². The molecule has 1 unspecified atom stereocenters. The number of anilines is 1. The third-order valence-corrected chi connectivity index (χ3v) is 3.53. The van der Waals surface area contributed by atoms with E-state index in [1.807, 2.05) is 19.2 Å². The van der Waals surface area contributed by atoms with E-state index >= 15 is 0 Å². The molecule has 3 heteroatoms. The zero-order valence-corrected chi connectivity index (χ0v) is 10.3. The highest BCUT2D eigenvalue weighted by molar-refractivity contribution is 5.94. The molecule has 18 heavy (non-hydrogen) atoms. The van der Waals surface area contributed by atoms with E-state index in [2.05, 4.69) is 35.2 Å². The van der Waals surface area contributed by atoms with Gasteiger partial charge in [0.15, 0.2) is 5.75 Å². The minimum atomic E-state index is 0.142. The summed E-state index contributed by atoms with van der Waals surface area (Å²) in [5.41, 5.74) is 1.07. The lowest BCUT2D eigenvalue weighted by molar-refractivity contribution is 0.271. The largest absolute Gasteiger partial charge is 0.489 e. The van der Waals surface area contributed by atoms with Crippen LogP contribution in [0.4, 0.5) is 5.69 Å². The van der Waals surface area contributed by atoms with Crippen LogP contribution >= 0.6 is 0 Å². The van der Waals surface area contributed by atoms with Crippen LogP contribution in [0.5, 0.6) is 5.75 Å². The number of fused-ring (bicyclic) bond motifs is 3.